The standard InChI is InChI=1S/C23H28F3NO4/c1-5-27(16(3)28)15-22(23(24,25)26)11-9-18(10-12-22)19-13-17(7-8-20(19)30-4)14-21(29)31-6-2/h7-11,13H,5-6,12,14-15H2,1-4H3. The third kappa shape index (κ3) is 5.68. The molecule has 0 bridgehead atoms. The quantitative estimate of drug-likeness (QED) is 0.557. The summed E-state index contributed by atoms with van der Waals surface area (Å²) in [5.41, 5.74) is -0.331. The van der Waals surface area contributed by atoms with E-state index in [0.717, 1.165) is 6.08 Å². The minimum atomic E-state index is -4.52. The second-order valence-corrected chi connectivity index (χ2v) is 7.40. The van der Waals surface area contributed by atoms with Gasteiger partial charge in [-0.1, -0.05) is 24.3 Å². The number of allylic oxidation sites excluding steroid dienone is 3. The zero-order valence-electron chi connectivity index (χ0n) is 18.2. The first-order valence-corrected chi connectivity index (χ1v) is 10.1. The topological polar surface area (TPSA) is 55.8 Å². The van der Waals surface area contributed by atoms with Crippen molar-refractivity contribution in [1.29, 1.82) is 0 Å². The average Bonchev–Trinajstić information content (AvgIpc) is 2.71. The first-order chi connectivity index (χ1) is 14.6. The van der Waals surface area contributed by atoms with E-state index in [-0.39, 0.29) is 32.0 Å². The summed E-state index contributed by atoms with van der Waals surface area (Å²) in [5, 5.41) is 0. The van der Waals surface area contributed by atoms with Crippen molar-refractivity contribution in [1.82, 2.24) is 4.90 Å². The molecule has 0 aromatic heterocycles. The van der Waals surface area contributed by atoms with E-state index in [1.165, 1.54) is 31.1 Å². The summed E-state index contributed by atoms with van der Waals surface area (Å²) in [4.78, 5) is 24.7. The number of ether oxygens (including phenoxy) is 2. The number of hydrogen-bond donors (Lipinski definition) is 0. The Kier molecular flexibility index (Phi) is 7.92. The third-order valence-electron chi connectivity index (χ3n) is 5.36. The number of esters is 1. The minimum absolute atomic E-state index is 0.0540. The predicted molar refractivity (Wildman–Crippen MR) is 111 cm³/mol. The van der Waals surface area contributed by atoms with Crippen LogP contribution in [-0.4, -0.2) is 49.8 Å². The van der Waals surface area contributed by atoms with E-state index < -0.39 is 24.0 Å². The van der Waals surface area contributed by atoms with E-state index in [1.54, 1.807) is 32.0 Å². The maximum Gasteiger partial charge on any atom is 0.399 e. The summed E-state index contributed by atoms with van der Waals surface area (Å²) in [6.45, 7) is 4.66. The maximum absolute atomic E-state index is 14.0. The van der Waals surface area contributed by atoms with Crippen molar-refractivity contribution >= 4 is 17.4 Å². The fourth-order valence-corrected chi connectivity index (χ4v) is 3.55. The number of alkyl halides is 3. The molecule has 0 radical (unpaired) electrons. The van der Waals surface area contributed by atoms with Crippen molar-refractivity contribution in [2.24, 2.45) is 5.41 Å². The highest BCUT2D eigenvalue weighted by Crippen LogP contribution is 2.47. The van der Waals surface area contributed by atoms with Gasteiger partial charge in [0.25, 0.3) is 0 Å². The van der Waals surface area contributed by atoms with Gasteiger partial charge in [-0.2, -0.15) is 13.2 Å². The van der Waals surface area contributed by atoms with Crippen LogP contribution < -0.4 is 4.74 Å². The molecule has 1 aliphatic rings. The molecule has 0 N–H and O–H groups in total. The Morgan fingerprint density at radius 1 is 1.23 bits per heavy atom. The summed E-state index contributed by atoms with van der Waals surface area (Å²) in [6.07, 6.45) is -0.726. The van der Waals surface area contributed by atoms with Gasteiger partial charge in [-0.25, -0.2) is 0 Å². The van der Waals surface area contributed by atoms with Crippen molar-refractivity contribution in [3.63, 3.8) is 0 Å². The smallest absolute Gasteiger partial charge is 0.399 e. The Balaban J connectivity index is 2.37. The lowest BCUT2D eigenvalue weighted by atomic mass is 9.77. The highest BCUT2D eigenvalue weighted by atomic mass is 19.4. The molecule has 1 aromatic rings. The van der Waals surface area contributed by atoms with E-state index in [2.05, 4.69) is 0 Å². The Hall–Kier alpha value is -2.77. The number of rotatable bonds is 8. The van der Waals surface area contributed by atoms with Crippen molar-refractivity contribution in [3.05, 3.63) is 47.6 Å². The molecule has 1 unspecified atom stereocenters. The second-order valence-electron chi connectivity index (χ2n) is 7.40. The van der Waals surface area contributed by atoms with Gasteiger partial charge >= 0.3 is 12.1 Å². The Labute approximate surface area is 180 Å². The molecule has 0 saturated carbocycles. The molecule has 1 amide bonds. The van der Waals surface area contributed by atoms with Crippen LogP contribution in [-0.2, 0) is 20.7 Å². The summed E-state index contributed by atoms with van der Waals surface area (Å²) in [7, 11) is 1.48. The molecular formula is C23H28F3NO4. The van der Waals surface area contributed by atoms with Crippen molar-refractivity contribution in [3.8, 4) is 5.75 Å². The van der Waals surface area contributed by atoms with Gasteiger partial charge < -0.3 is 14.4 Å². The first-order valence-electron chi connectivity index (χ1n) is 10.1. The van der Waals surface area contributed by atoms with Crippen molar-refractivity contribution in [2.45, 2.75) is 39.8 Å². The summed E-state index contributed by atoms with van der Waals surface area (Å²) < 4.78 is 52.4. The highest BCUT2D eigenvalue weighted by molar-refractivity contribution is 5.81. The van der Waals surface area contributed by atoms with Crippen molar-refractivity contribution in [2.75, 3.05) is 26.8 Å². The zero-order chi connectivity index (χ0) is 23.2. The van der Waals surface area contributed by atoms with E-state index >= 15 is 0 Å². The summed E-state index contributed by atoms with van der Waals surface area (Å²) in [6, 6.07) is 5.12. The van der Waals surface area contributed by atoms with Crippen LogP contribution in [0.2, 0.25) is 0 Å². The molecule has 5 nitrogen and oxygen atoms in total. The fraction of sp³-hybridized carbons (Fsp3) is 0.478. The predicted octanol–water partition coefficient (Wildman–Crippen LogP) is 4.56. The van der Waals surface area contributed by atoms with Crippen LogP contribution in [0.4, 0.5) is 13.2 Å². The van der Waals surface area contributed by atoms with Gasteiger partial charge in [0.15, 0.2) is 0 Å². The molecule has 0 saturated heterocycles. The molecule has 8 heteroatoms. The second kappa shape index (κ2) is 10.0. The van der Waals surface area contributed by atoms with Crippen LogP contribution in [0.15, 0.2) is 36.4 Å². The van der Waals surface area contributed by atoms with Crippen LogP contribution in [0.25, 0.3) is 5.57 Å². The van der Waals surface area contributed by atoms with Crippen molar-refractivity contribution < 1.29 is 32.2 Å². The van der Waals surface area contributed by atoms with Crippen LogP contribution in [0.3, 0.4) is 0 Å². The molecule has 170 valence electrons. The molecular weight excluding hydrogens is 411 g/mol. The molecule has 0 aliphatic heterocycles. The number of benzene rings is 1. The van der Waals surface area contributed by atoms with Gasteiger partial charge in [0.2, 0.25) is 5.91 Å². The SMILES string of the molecule is CCOC(=O)Cc1ccc(OC)c(C2=CCC(CN(CC)C(C)=O)(C(F)(F)F)C=C2)c1. The number of carbonyl (C=O) groups is 2. The molecule has 31 heavy (non-hydrogen) atoms. The molecule has 1 atom stereocenters. The largest absolute Gasteiger partial charge is 0.496 e. The fourth-order valence-electron chi connectivity index (χ4n) is 3.55. The number of carbonyl (C=O) groups excluding carboxylic acids is 2. The lowest BCUT2D eigenvalue weighted by molar-refractivity contribution is -0.210. The lowest BCUT2D eigenvalue weighted by Gasteiger charge is -2.38. The van der Waals surface area contributed by atoms with Gasteiger partial charge in [-0.15, -0.1) is 0 Å². The number of amides is 1. The molecule has 2 rings (SSSR count). The maximum atomic E-state index is 14.0. The van der Waals surface area contributed by atoms with Gasteiger partial charge in [0.05, 0.1) is 20.1 Å². The summed E-state index contributed by atoms with van der Waals surface area (Å²) >= 11 is 0. The molecule has 1 aromatic carbocycles. The van der Waals surface area contributed by atoms with E-state index in [0.29, 0.717) is 22.4 Å². The number of nitrogens with zero attached hydrogens (tertiary/aromatic N) is 1. The number of halogens is 3. The van der Waals surface area contributed by atoms with Gasteiger partial charge in [-0.3, -0.25) is 9.59 Å². The number of methoxy groups -OCH3 is 1. The first kappa shape index (κ1) is 24.5. The molecule has 0 spiro atoms. The molecule has 0 heterocycles. The van der Waals surface area contributed by atoms with E-state index in [1.807, 2.05) is 0 Å². The third-order valence-corrected chi connectivity index (χ3v) is 5.36. The average molecular weight is 439 g/mol. The Bertz CT molecular complexity index is 876. The number of hydrogen-bond acceptors (Lipinski definition) is 4. The monoisotopic (exact) mass is 439 g/mol. The van der Waals surface area contributed by atoms with Crippen LogP contribution in [0.1, 0.15) is 38.3 Å². The summed E-state index contributed by atoms with van der Waals surface area (Å²) in [5.74, 6) is -0.295. The molecule has 1 aliphatic carbocycles. The highest BCUT2D eigenvalue weighted by Gasteiger charge is 2.54. The lowest BCUT2D eigenvalue weighted by Crippen LogP contribution is -2.48. The van der Waals surface area contributed by atoms with E-state index in [9.17, 15) is 22.8 Å². The normalized spacial score (nSPS) is 18.4. The van der Waals surface area contributed by atoms with Crippen LogP contribution in [0.5, 0.6) is 5.75 Å². The van der Waals surface area contributed by atoms with Crippen LogP contribution >= 0.6 is 0 Å². The Morgan fingerprint density at radius 2 is 1.94 bits per heavy atom. The zero-order valence-corrected chi connectivity index (χ0v) is 18.2. The minimum Gasteiger partial charge on any atom is -0.496 e. The van der Waals surface area contributed by atoms with Crippen LogP contribution in [0, 0.1) is 5.41 Å². The Morgan fingerprint density at radius 3 is 2.42 bits per heavy atom. The molecule has 0 fully saturated rings. The van der Waals surface area contributed by atoms with E-state index in [4.69, 9.17) is 9.47 Å². The van der Waals surface area contributed by atoms with Gasteiger partial charge in [0, 0.05) is 25.6 Å². The van der Waals surface area contributed by atoms with Gasteiger partial charge in [-0.05, 0) is 43.5 Å². The van der Waals surface area contributed by atoms with Gasteiger partial charge in [0.1, 0.15) is 11.2 Å².